The molecule has 0 radical (unpaired) electrons. The zero-order valence-electron chi connectivity index (χ0n) is 10.7. The summed E-state index contributed by atoms with van der Waals surface area (Å²) in [6.45, 7) is 2.14. The number of hydrogen-bond acceptors (Lipinski definition) is 5. The lowest BCUT2D eigenvalue weighted by Gasteiger charge is -2.20. The number of nitrogens with two attached hydrogens (primary N) is 1. The van der Waals surface area contributed by atoms with E-state index in [9.17, 15) is 4.79 Å². The van der Waals surface area contributed by atoms with Crippen molar-refractivity contribution in [1.82, 2.24) is 10.2 Å². The van der Waals surface area contributed by atoms with Crippen LogP contribution in [-0.4, -0.2) is 21.6 Å². The fraction of sp³-hybridized carbons (Fsp3) is 0.750. The van der Waals surface area contributed by atoms with E-state index in [1.807, 2.05) is 0 Å². The lowest BCUT2D eigenvalue weighted by molar-refractivity contribution is -0.121. The first-order chi connectivity index (χ1) is 8.64. The molecule has 2 rings (SSSR count). The third-order valence-corrected chi connectivity index (χ3v) is 4.28. The Morgan fingerprint density at radius 2 is 2.17 bits per heavy atom. The minimum Gasteiger partial charge on any atom is -0.317 e. The summed E-state index contributed by atoms with van der Waals surface area (Å²) in [5.74, 6) is -0.113. The molecule has 1 aromatic heterocycles. The number of amides is 1. The topological polar surface area (TPSA) is 80.9 Å². The SMILES string of the molecule is CCCCc1nnc(NC(=O)C2(N)CCCC2)s1. The van der Waals surface area contributed by atoms with Gasteiger partial charge in [0, 0.05) is 6.42 Å². The molecule has 0 atom stereocenters. The Morgan fingerprint density at radius 3 is 2.83 bits per heavy atom. The van der Waals surface area contributed by atoms with E-state index >= 15 is 0 Å². The largest absolute Gasteiger partial charge is 0.317 e. The van der Waals surface area contributed by atoms with Gasteiger partial charge in [-0.15, -0.1) is 10.2 Å². The van der Waals surface area contributed by atoms with Gasteiger partial charge >= 0.3 is 0 Å². The fourth-order valence-electron chi connectivity index (χ4n) is 2.19. The van der Waals surface area contributed by atoms with Gasteiger partial charge in [0.1, 0.15) is 5.01 Å². The van der Waals surface area contributed by atoms with Gasteiger partial charge in [-0.1, -0.05) is 37.5 Å². The van der Waals surface area contributed by atoms with Crippen molar-refractivity contribution in [3.8, 4) is 0 Å². The van der Waals surface area contributed by atoms with Crippen molar-refractivity contribution in [1.29, 1.82) is 0 Å². The Kier molecular flexibility index (Phi) is 4.29. The summed E-state index contributed by atoms with van der Waals surface area (Å²) in [4.78, 5) is 12.1. The Labute approximate surface area is 111 Å². The van der Waals surface area contributed by atoms with Crippen LogP contribution in [0.4, 0.5) is 5.13 Å². The number of hydrogen-bond donors (Lipinski definition) is 2. The first kappa shape index (κ1) is 13.4. The molecule has 1 aliphatic carbocycles. The number of carbonyl (C=O) groups is 1. The fourth-order valence-corrected chi connectivity index (χ4v) is 2.96. The molecule has 0 saturated heterocycles. The van der Waals surface area contributed by atoms with Crippen LogP contribution in [0.25, 0.3) is 0 Å². The molecular formula is C12H20N4OS. The molecule has 1 aliphatic rings. The molecule has 0 spiro atoms. The summed E-state index contributed by atoms with van der Waals surface area (Å²) in [7, 11) is 0. The molecule has 0 aromatic carbocycles. The Hall–Kier alpha value is -1.01. The zero-order chi connectivity index (χ0) is 13.0. The van der Waals surface area contributed by atoms with Crippen molar-refractivity contribution in [3.63, 3.8) is 0 Å². The number of rotatable bonds is 5. The molecule has 0 aliphatic heterocycles. The predicted octanol–water partition coefficient (Wildman–Crippen LogP) is 2.09. The van der Waals surface area contributed by atoms with Crippen molar-refractivity contribution in [2.75, 3.05) is 5.32 Å². The maximum Gasteiger partial charge on any atom is 0.246 e. The number of unbranched alkanes of at least 4 members (excludes halogenated alkanes) is 1. The van der Waals surface area contributed by atoms with E-state index in [1.54, 1.807) is 0 Å². The normalized spacial score (nSPS) is 17.9. The van der Waals surface area contributed by atoms with Crippen molar-refractivity contribution >= 4 is 22.4 Å². The summed E-state index contributed by atoms with van der Waals surface area (Å²) in [6, 6.07) is 0. The van der Waals surface area contributed by atoms with Gasteiger partial charge in [-0.25, -0.2) is 0 Å². The first-order valence-corrected chi connectivity index (χ1v) is 7.38. The average Bonchev–Trinajstić information content (AvgIpc) is 2.97. The highest BCUT2D eigenvalue weighted by atomic mass is 32.1. The molecule has 1 amide bonds. The highest BCUT2D eigenvalue weighted by Crippen LogP contribution is 2.29. The minimum absolute atomic E-state index is 0.113. The van der Waals surface area contributed by atoms with Crippen LogP contribution in [0.2, 0.25) is 0 Å². The van der Waals surface area contributed by atoms with Crippen molar-refractivity contribution < 1.29 is 4.79 Å². The Balaban J connectivity index is 1.92. The lowest BCUT2D eigenvalue weighted by atomic mass is 9.98. The van der Waals surface area contributed by atoms with Crippen LogP contribution in [-0.2, 0) is 11.2 Å². The quantitative estimate of drug-likeness (QED) is 0.856. The molecule has 1 aromatic rings. The third-order valence-electron chi connectivity index (χ3n) is 3.38. The Morgan fingerprint density at radius 1 is 1.44 bits per heavy atom. The second-order valence-corrected chi connectivity index (χ2v) is 5.98. The van der Waals surface area contributed by atoms with Crippen molar-refractivity contribution in [2.45, 2.75) is 57.4 Å². The van der Waals surface area contributed by atoms with Gasteiger partial charge in [0.05, 0.1) is 5.54 Å². The summed E-state index contributed by atoms with van der Waals surface area (Å²) in [5, 5.41) is 12.4. The maximum absolute atomic E-state index is 12.1. The summed E-state index contributed by atoms with van der Waals surface area (Å²) in [5.41, 5.74) is 5.38. The zero-order valence-corrected chi connectivity index (χ0v) is 11.6. The molecule has 100 valence electrons. The molecular weight excluding hydrogens is 248 g/mol. The van der Waals surface area contributed by atoms with Crippen LogP contribution in [0, 0.1) is 0 Å². The van der Waals surface area contributed by atoms with Crippen LogP contribution in [0.15, 0.2) is 0 Å². The van der Waals surface area contributed by atoms with Crippen LogP contribution in [0.5, 0.6) is 0 Å². The number of nitrogens with zero attached hydrogens (tertiary/aromatic N) is 2. The predicted molar refractivity (Wildman–Crippen MR) is 72.5 cm³/mol. The minimum atomic E-state index is -0.699. The van der Waals surface area contributed by atoms with E-state index in [2.05, 4.69) is 22.4 Å². The molecule has 18 heavy (non-hydrogen) atoms. The number of nitrogens with one attached hydrogen (secondary N) is 1. The average molecular weight is 268 g/mol. The number of aryl methyl sites for hydroxylation is 1. The molecule has 0 bridgehead atoms. The summed E-state index contributed by atoms with van der Waals surface area (Å²) in [6.07, 6.45) is 6.75. The van der Waals surface area contributed by atoms with Gasteiger partial charge in [-0.3, -0.25) is 10.1 Å². The van der Waals surface area contributed by atoms with Crippen molar-refractivity contribution in [3.05, 3.63) is 5.01 Å². The van der Waals surface area contributed by atoms with E-state index in [-0.39, 0.29) is 5.91 Å². The number of carbonyl (C=O) groups excluding carboxylic acids is 1. The van der Waals surface area contributed by atoms with Crippen LogP contribution < -0.4 is 11.1 Å². The highest BCUT2D eigenvalue weighted by molar-refractivity contribution is 7.15. The van der Waals surface area contributed by atoms with Gasteiger partial charge in [0.25, 0.3) is 0 Å². The molecule has 1 heterocycles. The Bertz CT molecular complexity index is 412. The highest BCUT2D eigenvalue weighted by Gasteiger charge is 2.37. The smallest absolute Gasteiger partial charge is 0.246 e. The van der Waals surface area contributed by atoms with Gasteiger partial charge in [0.15, 0.2) is 0 Å². The van der Waals surface area contributed by atoms with E-state index < -0.39 is 5.54 Å². The second-order valence-electron chi connectivity index (χ2n) is 4.92. The number of aromatic nitrogens is 2. The van der Waals surface area contributed by atoms with Crippen LogP contribution in [0.1, 0.15) is 50.5 Å². The lowest BCUT2D eigenvalue weighted by Crippen LogP contribution is -2.48. The first-order valence-electron chi connectivity index (χ1n) is 6.57. The van der Waals surface area contributed by atoms with E-state index in [4.69, 9.17) is 5.73 Å². The van der Waals surface area contributed by atoms with Crippen LogP contribution >= 0.6 is 11.3 Å². The third kappa shape index (κ3) is 3.05. The summed E-state index contributed by atoms with van der Waals surface area (Å²) < 4.78 is 0. The van der Waals surface area contributed by atoms with Gasteiger partial charge < -0.3 is 5.73 Å². The van der Waals surface area contributed by atoms with E-state index in [0.717, 1.165) is 50.0 Å². The van der Waals surface area contributed by atoms with Crippen LogP contribution in [0.3, 0.4) is 0 Å². The van der Waals surface area contributed by atoms with Gasteiger partial charge in [-0.05, 0) is 19.3 Å². The molecule has 0 unspecified atom stereocenters. The maximum atomic E-state index is 12.1. The standard InChI is InChI=1S/C12H20N4OS/c1-2-3-6-9-15-16-11(18-9)14-10(17)12(13)7-4-5-8-12/h2-8,13H2,1H3,(H,14,16,17). The molecule has 1 fully saturated rings. The summed E-state index contributed by atoms with van der Waals surface area (Å²) >= 11 is 1.45. The van der Waals surface area contributed by atoms with Crippen molar-refractivity contribution in [2.24, 2.45) is 5.73 Å². The van der Waals surface area contributed by atoms with E-state index in [0.29, 0.717) is 5.13 Å². The molecule has 5 nitrogen and oxygen atoms in total. The number of anilines is 1. The monoisotopic (exact) mass is 268 g/mol. The van der Waals surface area contributed by atoms with Gasteiger partial charge in [-0.2, -0.15) is 0 Å². The second kappa shape index (κ2) is 5.75. The molecule has 6 heteroatoms. The van der Waals surface area contributed by atoms with Gasteiger partial charge in [0.2, 0.25) is 11.0 Å². The molecule has 3 N–H and O–H groups in total. The molecule has 1 saturated carbocycles. The van der Waals surface area contributed by atoms with E-state index in [1.165, 1.54) is 11.3 Å².